The highest BCUT2D eigenvalue weighted by molar-refractivity contribution is 6.04. The van der Waals surface area contributed by atoms with Crippen LogP contribution < -0.4 is 10.6 Å². The molecule has 0 saturated carbocycles. The number of nitrogens with one attached hydrogen (secondary N) is 2. The van der Waals surface area contributed by atoms with Crippen LogP contribution in [0.15, 0.2) is 48.5 Å². The Bertz CT molecular complexity index is 740. The van der Waals surface area contributed by atoms with E-state index in [4.69, 9.17) is 0 Å². The Labute approximate surface area is 136 Å². The van der Waals surface area contributed by atoms with Crippen LogP contribution >= 0.6 is 0 Å². The maximum atomic E-state index is 12.1. The van der Waals surface area contributed by atoms with Gasteiger partial charge in [0.15, 0.2) is 0 Å². The van der Waals surface area contributed by atoms with Crippen LogP contribution in [-0.2, 0) is 11.3 Å². The number of amides is 2. The van der Waals surface area contributed by atoms with Crippen LogP contribution in [0.4, 0.5) is 18.9 Å². The van der Waals surface area contributed by atoms with Crippen LogP contribution in [-0.4, -0.2) is 18.0 Å². The smallest absolute Gasteiger partial charge is 0.344 e. The molecule has 0 bridgehead atoms. The summed E-state index contributed by atoms with van der Waals surface area (Å²) < 4.78 is 36.3. The van der Waals surface area contributed by atoms with Crippen LogP contribution in [0.2, 0.25) is 0 Å². The van der Waals surface area contributed by atoms with Gasteiger partial charge in [-0.1, -0.05) is 29.8 Å². The molecule has 126 valence electrons. The van der Waals surface area contributed by atoms with Gasteiger partial charge in [0.05, 0.1) is 0 Å². The molecule has 0 fully saturated rings. The van der Waals surface area contributed by atoms with Gasteiger partial charge in [-0.3, -0.25) is 9.59 Å². The van der Waals surface area contributed by atoms with Gasteiger partial charge >= 0.3 is 12.1 Å². The molecule has 0 saturated heterocycles. The summed E-state index contributed by atoms with van der Waals surface area (Å²) in [4.78, 5) is 22.8. The number of rotatable bonds is 4. The summed E-state index contributed by atoms with van der Waals surface area (Å²) in [6.07, 6.45) is -4.90. The zero-order valence-corrected chi connectivity index (χ0v) is 12.8. The van der Waals surface area contributed by atoms with E-state index in [-0.39, 0.29) is 12.5 Å². The van der Waals surface area contributed by atoms with E-state index in [1.54, 1.807) is 35.6 Å². The van der Waals surface area contributed by atoms with Gasteiger partial charge in [0.25, 0.3) is 5.91 Å². The Morgan fingerprint density at radius 3 is 2.29 bits per heavy atom. The molecule has 2 aromatic carbocycles. The van der Waals surface area contributed by atoms with E-state index >= 15 is 0 Å². The van der Waals surface area contributed by atoms with Gasteiger partial charge < -0.3 is 10.6 Å². The van der Waals surface area contributed by atoms with Gasteiger partial charge in [-0.05, 0) is 36.8 Å². The van der Waals surface area contributed by atoms with Crippen molar-refractivity contribution in [3.05, 3.63) is 65.2 Å². The Morgan fingerprint density at radius 1 is 1.04 bits per heavy atom. The number of alkyl halides is 3. The predicted octanol–water partition coefficient (Wildman–Crippen LogP) is 3.43. The number of benzene rings is 2. The zero-order chi connectivity index (χ0) is 17.7. The maximum Gasteiger partial charge on any atom is 0.471 e. The van der Waals surface area contributed by atoms with E-state index < -0.39 is 12.1 Å². The molecular weight excluding hydrogens is 321 g/mol. The predicted molar refractivity (Wildman–Crippen MR) is 83.5 cm³/mol. The van der Waals surface area contributed by atoms with Gasteiger partial charge in [0.2, 0.25) is 0 Å². The third kappa shape index (κ3) is 4.84. The van der Waals surface area contributed by atoms with Crippen molar-refractivity contribution in [2.75, 3.05) is 5.32 Å². The quantitative estimate of drug-likeness (QED) is 0.899. The fraction of sp³-hybridized carbons (Fsp3) is 0.176. The van der Waals surface area contributed by atoms with E-state index in [9.17, 15) is 22.8 Å². The molecule has 0 aliphatic rings. The van der Waals surface area contributed by atoms with Crippen molar-refractivity contribution in [1.82, 2.24) is 5.32 Å². The normalized spacial score (nSPS) is 11.0. The molecule has 0 atom stereocenters. The molecule has 24 heavy (non-hydrogen) atoms. The molecule has 0 unspecified atom stereocenters. The highest BCUT2D eigenvalue weighted by Gasteiger charge is 2.38. The fourth-order valence-corrected chi connectivity index (χ4v) is 1.98. The molecule has 0 heterocycles. The topological polar surface area (TPSA) is 58.2 Å². The highest BCUT2D eigenvalue weighted by Crippen LogP contribution is 2.15. The number of carbonyl (C=O) groups excluding carboxylic acids is 2. The zero-order valence-electron chi connectivity index (χ0n) is 12.8. The van der Waals surface area contributed by atoms with Crippen molar-refractivity contribution in [3.8, 4) is 0 Å². The van der Waals surface area contributed by atoms with Crippen LogP contribution in [0, 0.1) is 6.92 Å². The van der Waals surface area contributed by atoms with Gasteiger partial charge in [-0.25, -0.2) is 0 Å². The first-order chi connectivity index (χ1) is 11.3. The average Bonchev–Trinajstić information content (AvgIpc) is 2.53. The van der Waals surface area contributed by atoms with E-state index in [2.05, 4.69) is 5.32 Å². The van der Waals surface area contributed by atoms with Crippen LogP contribution in [0.25, 0.3) is 0 Å². The third-order valence-electron chi connectivity index (χ3n) is 3.20. The molecule has 2 rings (SSSR count). The Hall–Kier alpha value is -2.83. The molecule has 0 aliphatic heterocycles. The summed E-state index contributed by atoms with van der Waals surface area (Å²) >= 11 is 0. The number of aryl methyl sites for hydroxylation is 1. The number of carbonyl (C=O) groups is 2. The van der Waals surface area contributed by atoms with Crippen molar-refractivity contribution in [3.63, 3.8) is 0 Å². The third-order valence-corrected chi connectivity index (χ3v) is 3.20. The molecule has 2 aromatic rings. The van der Waals surface area contributed by atoms with Crippen molar-refractivity contribution in [2.45, 2.75) is 19.6 Å². The minimum Gasteiger partial charge on any atom is -0.344 e. The first-order valence-electron chi connectivity index (χ1n) is 7.08. The number of halogens is 3. The standard InChI is InChI=1S/C17H15F3N2O2/c1-11-3-2-4-13(9-11)15(23)22-14-7-5-12(6-8-14)10-21-16(24)17(18,19)20/h2-9H,10H2,1H3,(H,21,24)(H,22,23). The van der Waals surface area contributed by atoms with Gasteiger partial charge in [-0.2, -0.15) is 13.2 Å². The minimum absolute atomic E-state index is 0.246. The van der Waals surface area contributed by atoms with Gasteiger partial charge in [-0.15, -0.1) is 0 Å². The van der Waals surface area contributed by atoms with E-state index in [1.165, 1.54) is 12.1 Å². The average molecular weight is 336 g/mol. The molecule has 0 spiro atoms. The Kier molecular flexibility index (Phi) is 5.23. The SMILES string of the molecule is Cc1cccc(C(=O)Nc2ccc(CNC(=O)C(F)(F)F)cc2)c1. The second-order valence-electron chi connectivity index (χ2n) is 5.20. The second-order valence-corrected chi connectivity index (χ2v) is 5.20. The molecule has 0 aromatic heterocycles. The summed E-state index contributed by atoms with van der Waals surface area (Å²) in [6.45, 7) is 1.63. The lowest BCUT2D eigenvalue weighted by molar-refractivity contribution is -0.173. The van der Waals surface area contributed by atoms with Crippen LogP contribution in [0.3, 0.4) is 0 Å². The van der Waals surface area contributed by atoms with Crippen LogP contribution in [0.1, 0.15) is 21.5 Å². The summed E-state index contributed by atoms with van der Waals surface area (Å²) in [6, 6.07) is 13.3. The molecule has 7 heteroatoms. The fourth-order valence-electron chi connectivity index (χ4n) is 1.98. The molecule has 0 radical (unpaired) electrons. The van der Waals surface area contributed by atoms with E-state index in [0.29, 0.717) is 16.8 Å². The molecule has 0 aliphatic carbocycles. The Balaban J connectivity index is 1.95. The first kappa shape index (κ1) is 17.5. The molecular formula is C17H15F3N2O2. The summed E-state index contributed by atoms with van der Waals surface area (Å²) in [5.41, 5.74) is 2.46. The van der Waals surface area contributed by atoms with Gasteiger partial charge in [0.1, 0.15) is 0 Å². The summed E-state index contributed by atoms with van der Waals surface area (Å²) in [7, 11) is 0. The van der Waals surface area contributed by atoms with Crippen molar-refractivity contribution >= 4 is 17.5 Å². The summed E-state index contributed by atoms with van der Waals surface area (Å²) in [5, 5.41) is 4.48. The maximum absolute atomic E-state index is 12.1. The monoisotopic (exact) mass is 336 g/mol. The lowest BCUT2D eigenvalue weighted by atomic mass is 10.1. The summed E-state index contributed by atoms with van der Waals surface area (Å²) in [5.74, 6) is -2.27. The lowest BCUT2D eigenvalue weighted by Gasteiger charge is -2.09. The number of hydrogen-bond acceptors (Lipinski definition) is 2. The number of anilines is 1. The first-order valence-corrected chi connectivity index (χ1v) is 7.08. The van der Waals surface area contributed by atoms with Crippen molar-refractivity contribution in [2.24, 2.45) is 0 Å². The second kappa shape index (κ2) is 7.16. The van der Waals surface area contributed by atoms with Crippen molar-refractivity contribution < 1.29 is 22.8 Å². The van der Waals surface area contributed by atoms with Crippen molar-refractivity contribution in [1.29, 1.82) is 0 Å². The van der Waals surface area contributed by atoms with E-state index in [1.807, 2.05) is 13.0 Å². The molecule has 4 nitrogen and oxygen atoms in total. The highest BCUT2D eigenvalue weighted by atomic mass is 19.4. The molecule has 2 N–H and O–H groups in total. The van der Waals surface area contributed by atoms with E-state index in [0.717, 1.165) is 5.56 Å². The molecule has 2 amide bonds. The Morgan fingerprint density at radius 2 is 1.71 bits per heavy atom. The number of hydrogen-bond donors (Lipinski definition) is 2. The lowest BCUT2D eigenvalue weighted by Crippen LogP contribution is -2.36. The minimum atomic E-state index is -4.90. The largest absolute Gasteiger partial charge is 0.471 e. The van der Waals surface area contributed by atoms with Gasteiger partial charge in [0, 0.05) is 17.8 Å². The van der Waals surface area contributed by atoms with Crippen LogP contribution in [0.5, 0.6) is 0 Å².